The molecular weight excluding hydrogens is 334 g/mol. The molecule has 1 aromatic carbocycles. The van der Waals surface area contributed by atoms with Crippen molar-refractivity contribution in [1.82, 2.24) is 10.3 Å². The standard InChI is InChI=1S/C18H25N5O3/c1-12-5-3-7-21(10-12)14-9-15(22-8-4-6-13(2)11-22)18(23(24)25)17-16(14)19-26-20-17/h9,12-13H,3-8,10-11H2,1-2H3/t12-,13+/m0/s1. The highest BCUT2D eigenvalue weighted by Crippen LogP contribution is 2.42. The predicted molar refractivity (Wildman–Crippen MR) is 99.7 cm³/mol. The molecule has 2 aliphatic heterocycles. The molecule has 2 fully saturated rings. The lowest BCUT2D eigenvalue weighted by atomic mass is 9.98. The Morgan fingerprint density at radius 2 is 1.62 bits per heavy atom. The average molecular weight is 359 g/mol. The molecule has 0 unspecified atom stereocenters. The van der Waals surface area contributed by atoms with Gasteiger partial charge < -0.3 is 9.80 Å². The van der Waals surface area contributed by atoms with Gasteiger partial charge in [0.05, 0.1) is 10.6 Å². The molecule has 1 aromatic heterocycles. The van der Waals surface area contributed by atoms with Crippen molar-refractivity contribution in [3.63, 3.8) is 0 Å². The van der Waals surface area contributed by atoms with Crippen LogP contribution in [0, 0.1) is 22.0 Å². The molecule has 8 nitrogen and oxygen atoms in total. The van der Waals surface area contributed by atoms with Gasteiger partial charge in [0, 0.05) is 26.2 Å². The van der Waals surface area contributed by atoms with Crippen LogP contribution in [-0.2, 0) is 0 Å². The monoisotopic (exact) mass is 359 g/mol. The topological polar surface area (TPSA) is 88.5 Å². The van der Waals surface area contributed by atoms with Gasteiger partial charge in [0.2, 0.25) is 5.52 Å². The van der Waals surface area contributed by atoms with Crippen LogP contribution in [0.2, 0.25) is 0 Å². The van der Waals surface area contributed by atoms with Gasteiger partial charge in [-0.2, -0.15) is 0 Å². The van der Waals surface area contributed by atoms with E-state index in [2.05, 4.69) is 34.0 Å². The van der Waals surface area contributed by atoms with Gasteiger partial charge in [-0.3, -0.25) is 10.1 Å². The van der Waals surface area contributed by atoms with Crippen LogP contribution in [0.1, 0.15) is 39.5 Å². The van der Waals surface area contributed by atoms with E-state index in [1.807, 2.05) is 6.07 Å². The Morgan fingerprint density at radius 1 is 1.04 bits per heavy atom. The molecule has 0 N–H and O–H groups in total. The smallest absolute Gasteiger partial charge is 0.323 e. The van der Waals surface area contributed by atoms with Crippen molar-refractivity contribution < 1.29 is 9.55 Å². The minimum atomic E-state index is -0.344. The molecule has 0 bridgehead atoms. The SMILES string of the molecule is C[C@@H]1CCCN(c2cc(N3CCC[C@H](C)C3)c3nonc3c2[N+](=O)[O-])C1. The quantitative estimate of drug-likeness (QED) is 0.611. The molecule has 3 heterocycles. The number of rotatable bonds is 3. The van der Waals surface area contributed by atoms with Gasteiger partial charge in [-0.15, -0.1) is 0 Å². The lowest BCUT2D eigenvalue weighted by Crippen LogP contribution is -2.36. The number of nitro benzene ring substituents is 1. The maximum Gasteiger partial charge on any atom is 0.323 e. The third-order valence-corrected chi connectivity index (χ3v) is 5.65. The normalized spacial score (nSPS) is 24.2. The number of piperidine rings is 2. The van der Waals surface area contributed by atoms with Crippen molar-refractivity contribution >= 4 is 28.1 Å². The molecule has 2 atom stereocenters. The van der Waals surface area contributed by atoms with Gasteiger partial charge in [-0.05, 0) is 53.9 Å². The van der Waals surface area contributed by atoms with E-state index >= 15 is 0 Å². The zero-order valence-corrected chi connectivity index (χ0v) is 15.3. The fourth-order valence-electron chi connectivity index (χ4n) is 4.38. The van der Waals surface area contributed by atoms with E-state index in [-0.39, 0.29) is 16.1 Å². The first-order valence-electron chi connectivity index (χ1n) is 9.48. The maximum absolute atomic E-state index is 11.9. The van der Waals surface area contributed by atoms with Crippen LogP contribution in [0.15, 0.2) is 10.7 Å². The Labute approximate surface area is 152 Å². The van der Waals surface area contributed by atoms with E-state index in [9.17, 15) is 10.1 Å². The van der Waals surface area contributed by atoms with Gasteiger partial charge in [-0.1, -0.05) is 13.8 Å². The fraction of sp³-hybridized carbons (Fsp3) is 0.667. The molecule has 0 amide bonds. The molecule has 0 saturated carbocycles. The number of hydrogen-bond acceptors (Lipinski definition) is 7. The molecule has 2 aromatic rings. The number of benzene rings is 1. The Kier molecular flexibility index (Phi) is 4.42. The number of nitro groups is 1. The van der Waals surface area contributed by atoms with Crippen LogP contribution in [0.3, 0.4) is 0 Å². The summed E-state index contributed by atoms with van der Waals surface area (Å²) >= 11 is 0. The van der Waals surface area contributed by atoms with E-state index in [0.29, 0.717) is 23.0 Å². The van der Waals surface area contributed by atoms with Gasteiger partial charge in [0.1, 0.15) is 5.69 Å². The highest BCUT2D eigenvalue weighted by molar-refractivity contribution is 6.00. The molecular formula is C18H25N5O3. The van der Waals surface area contributed by atoms with Crippen molar-refractivity contribution in [3.8, 4) is 0 Å². The van der Waals surface area contributed by atoms with Crippen LogP contribution in [0.25, 0.3) is 11.0 Å². The first-order valence-corrected chi connectivity index (χ1v) is 9.48. The second-order valence-electron chi connectivity index (χ2n) is 7.87. The molecule has 4 rings (SSSR count). The van der Waals surface area contributed by atoms with Crippen LogP contribution in [0.5, 0.6) is 0 Å². The Morgan fingerprint density at radius 3 is 2.19 bits per heavy atom. The number of anilines is 2. The summed E-state index contributed by atoms with van der Waals surface area (Å²) in [5, 5.41) is 19.8. The fourth-order valence-corrected chi connectivity index (χ4v) is 4.38. The lowest BCUT2D eigenvalue weighted by molar-refractivity contribution is -0.382. The summed E-state index contributed by atoms with van der Waals surface area (Å²) in [6.07, 6.45) is 4.53. The Hall–Kier alpha value is -2.38. The molecule has 8 heteroatoms. The zero-order valence-electron chi connectivity index (χ0n) is 15.3. The zero-order chi connectivity index (χ0) is 18.3. The average Bonchev–Trinajstić information content (AvgIpc) is 3.09. The van der Waals surface area contributed by atoms with E-state index in [4.69, 9.17) is 4.63 Å². The van der Waals surface area contributed by atoms with E-state index in [1.165, 1.54) is 6.42 Å². The van der Waals surface area contributed by atoms with Crippen LogP contribution in [0.4, 0.5) is 17.1 Å². The van der Waals surface area contributed by atoms with Crippen molar-refractivity contribution in [1.29, 1.82) is 0 Å². The Balaban J connectivity index is 1.86. The van der Waals surface area contributed by atoms with Crippen LogP contribution < -0.4 is 9.80 Å². The van der Waals surface area contributed by atoms with Gasteiger partial charge in [0.25, 0.3) is 0 Å². The highest BCUT2D eigenvalue weighted by atomic mass is 16.6. The van der Waals surface area contributed by atoms with Crippen molar-refractivity contribution in [3.05, 3.63) is 16.2 Å². The summed E-state index contributed by atoms with van der Waals surface area (Å²) in [5.41, 5.74) is 2.34. The highest BCUT2D eigenvalue weighted by Gasteiger charge is 2.32. The third-order valence-electron chi connectivity index (χ3n) is 5.65. The summed E-state index contributed by atoms with van der Waals surface area (Å²) in [7, 11) is 0. The third kappa shape index (κ3) is 2.97. The summed E-state index contributed by atoms with van der Waals surface area (Å²) in [4.78, 5) is 15.9. The van der Waals surface area contributed by atoms with Gasteiger partial charge in [0.15, 0.2) is 5.52 Å². The molecule has 0 spiro atoms. The van der Waals surface area contributed by atoms with E-state index in [1.54, 1.807) is 0 Å². The first-order chi connectivity index (χ1) is 12.5. The van der Waals surface area contributed by atoms with Crippen molar-refractivity contribution in [2.24, 2.45) is 11.8 Å². The minimum absolute atomic E-state index is 0.0177. The summed E-state index contributed by atoms with van der Waals surface area (Å²) in [6.45, 7) is 7.95. The largest absolute Gasteiger partial charge is 0.369 e. The maximum atomic E-state index is 11.9. The Bertz CT molecular complexity index is 821. The van der Waals surface area contributed by atoms with Gasteiger partial charge in [-0.25, -0.2) is 4.63 Å². The number of aromatic nitrogens is 2. The molecule has 2 saturated heterocycles. The van der Waals surface area contributed by atoms with Crippen LogP contribution >= 0.6 is 0 Å². The number of fused-ring (bicyclic) bond motifs is 1. The molecule has 0 radical (unpaired) electrons. The minimum Gasteiger partial charge on any atom is -0.369 e. The van der Waals surface area contributed by atoms with Gasteiger partial charge >= 0.3 is 5.69 Å². The van der Waals surface area contributed by atoms with Crippen LogP contribution in [-0.4, -0.2) is 41.4 Å². The van der Waals surface area contributed by atoms with E-state index in [0.717, 1.165) is 51.1 Å². The summed E-state index contributed by atoms with van der Waals surface area (Å²) in [6, 6.07) is 1.95. The molecule has 0 aliphatic carbocycles. The molecule has 140 valence electrons. The molecule has 2 aliphatic rings. The number of hydrogen-bond donors (Lipinski definition) is 0. The van der Waals surface area contributed by atoms with Crippen molar-refractivity contribution in [2.75, 3.05) is 36.0 Å². The first kappa shape index (κ1) is 17.1. The van der Waals surface area contributed by atoms with E-state index < -0.39 is 0 Å². The van der Waals surface area contributed by atoms with Crippen molar-refractivity contribution in [2.45, 2.75) is 39.5 Å². The lowest BCUT2D eigenvalue weighted by Gasteiger charge is -2.35. The summed E-state index contributed by atoms with van der Waals surface area (Å²) in [5.74, 6) is 1.11. The summed E-state index contributed by atoms with van der Waals surface area (Å²) < 4.78 is 4.93. The predicted octanol–water partition coefficient (Wildman–Crippen LogP) is 3.60. The second-order valence-corrected chi connectivity index (χ2v) is 7.87. The second kappa shape index (κ2) is 6.74. The number of nitrogens with zero attached hydrogens (tertiary/aromatic N) is 5. The molecule has 26 heavy (non-hydrogen) atoms.